The average molecular weight is 325 g/mol. The van der Waals surface area contributed by atoms with Crippen molar-refractivity contribution in [2.75, 3.05) is 26.2 Å². The van der Waals surface area contributed by atoms with Gasteiger partial charge in [0, 0.05) is 32.7 Å². The van der Waals surface area contributed by atoms with Crippen molar-refractivity contribution in [1.29, 1.82) is 0 Å². The van der Waals surface area contributed by atoms with Gasteiger partial charge in [-0.2, -0.15) is 5.10 Å². The minimum absolute atomic E-state index is 0.225. The number of benzene rings is 2. The van der Waals surface area contributed by atoms with Crippen LogP contribution in [0.2, 0.25) is 0 Å². The van der Waals surface area contributed by atoms with Crippen molar-refractivity contribution in [1.82, 2.24) is 9.91 Å². The summed E-state index contributed by atoms with van der Waals surface area (Å²) in [5, 5.41) is 6.54. The van der Waals surface area contributed by atoms with Gasteiger partial charge in [0.2, 0.25) is 0 Å². The zero-order valence-electron chi connectivity index (χ0n) is 14.4. The first kappa shape index (κ1) is 16.7. The molecule has 0 unspecified atom stereocenters. The molecule has 1 aliphatic heterocycles. The zero-order valence-corrected chi connectivity index (χ0v) is 14.4. The predicted molar refractivity (Wildman–Crippen MR) is 96.8 cm³/mol. The number of piperazine rings is 1. The lowest BCUT2D eigenvalue weighted by Gasteiger charge is -2.33. The molecule has 3 nitrogen and oxygen atoms in total. The Balaban J connectivity index is 1.52. The first-order chi connectivity index (χ1) is 11.6. The van der Waals surface area contributed by atoms with E-state index in [0.717, 1.165) is 38.3 Å². The van der Waals surface area contributed by atoms with Crippen LogP contribution in [0, 0.1) is 19.7 Å². The molecule has 2 aromatic carbocycles. The maximum absolute atomic E-state index is 13.2. The molecule has 0 saturated carbocycles. The first-order valence-electron chi connectivity index (χ1n) is 8.43. The summed E-state index contributed by atoms with van der Waals surface area (Å²) in [4.78, 5) is 2.46. The molecule has 1 heterocycles. The van der Waals surface area contributed by atoms with Gasteiger partial charge in [-0.15, -0.1) is 0 Å². The Hall–Kier alpha value is -2.20. The second-order valence-electron chi connectivity index (χ2n) is 6.46. The fourth-order valence-corrected chi connectivity index (χ4v) is 3.01. The Morgan fingerprint density at radius 3 is 2.54 bits per heavy atom. The number of hydrogen-bond acceptors (Lipinski definition) is 3. The summed E-state index contributed by atoms with van der Waals surface area (Å²) in [5.41, 5.74) is 4.87. The van der Waals surface area contributed by atoms with Crippen molar-refractivity contribution in [2.24, 2.45) is 5.10 Å². The predicted octanol–water partition coefficient (Wildman–Crippen LogP) is 3.59. The molecule has 0 aromatic heterocycles. The molecule has 1 saturated heterocycles. The van der Waals surface area contributed by atoms with Crippen LogP contribution >= 0.6 is 0 Å². The Morgan fingerprint density at radius 1 is 1.04 bits per heavy atom. The van der Waals surface area contributed by atoms with E-state index in [-0.39, 0.29) is 5.82 Å². The summed E-state index contributed by atoms with van der Waals surface area (Å²) in [6.07, 6.45) is 1.74. The number of halogens is 1. The SMILES string of the molecule is Cc1ccc(CN2CCN(/N=C/c3cccc(F)c3)CC2)c(C)c1. The van der Waals surface area contributed by atoms with Crippen LogP contribution < -0.4 is 0 Å². The summed E-state index contributed by atoms with van der Waals surface area (Å²) in [6.45, 7) is 9.09. The molecule has 0 aliphatic carbocycles. The monoisotopic (exact) mass is 325 g/mol. The van der Waals surface area contributed by atoms with Crippen molar-refractivity contribution in [3.63, 3.8) is 0 Å². The third kappa shape index (κ3) is 4.42. The topological polar surface area (TPSA) is 18.8 Å². The molecule has 3 rings (SSSR count). The molecule has 0 bridgehead atoms. The van der Waals surface area contributed by atoms with E-state index < -0.39 is 0 Å². The molecular formula is C20H24FN3. The van der Waals surface area contributed by atoms with Crippen molar-refractivity contribution < 1.29 is 4.39 Å². The van der Waals surface area contributed by atoms with Gasteiger partial charge in [0.1, 0.15) is 5.82 Å². The highest BCUT2D eigenvalue weighted by Crippen LogP contribution is 2.14. The van der Waals surface area contributed by atoms with Gasteiger partial charge >= 0.3 is 0 Å². The van der Waals surface area contributed by atoms with Crippen LogP contribution in [0.15, 0.2) is 47.6 Å². The quantitative estimate of drug-likeness (QED) is 0.800. The Morgan fingerprint density at radius 2 is 1.83 bits per heavy atom. The van der Waals surface area contributed by atoms with E-state index in [4.69, 9.17) is 0 Å². The minimum atomic E-state index is -0.225. The van der Waals surface area contributed by atoms with E-state index in [9.17, 15) is 4.39 Å². The molecule has 0 spiro atoms. The van der Waals surface area contributed by atoms with Gasteiger partial charge in [-0.3, -0.25) is 9.91 Å². The maximum atomic E-state index is 13.2. The van der Waals surface area contributed by atoms with Crippen LogP contribution in [-0.2, 0) is 6.54 Å². The number of nitrogens with zero attached hydrogens (tertiary/aromatic N) is 3. The summed E-state index contributed by atoms with van der Waals surface area (Å²) in [5.74, 6) is -0.225. The van der Waals surface area contributed by atoms with E-state index in [1.807, 2.05) is 6.07 Å². The summed E-state index contributed by atoms with van der Waals surface area (Å²) in [6, 6.07) is 13.2. The highest BCUT2D eigenvalue weighted by atomic mass is 19.1. The summed E-state index contributed by atoms with van der Waals surface area (Å²) >= 11 is 0. The molecule has 0 N–H and O–H groups in total. The lowest BCUT2D eigenvalue weighted by atomic mass is 10.1. The highest BCUT2D eigenvalue weighted by molar-refractivity contribution is 5.79. The molecule has 126 valence electrons. The molecule has 4 heteroatoms. The molecule has 0 atom stereocenters. The van der Waals surface area contributed by atoms with E-state index in [2.05, 4.69) is 47.1 Å². The van der Waals surface area contributed by atoms with E-state index >= 15 is 0 Å². The molecule has 1 fully saturated rings. The number of rotatable bonds is 4. The Labute approximate surface area is 143 Å². The van der Waals surface area contributed by atoms with Gasteiger partial charge in [0.05, 0.1) is 6.21 Å². The highest BCUT2D eigenvalue weighted by Gasteiger charge is 2.16. The summed E-state index contributed by atoms with van der Waals surface area (Å²) < 4.78 is 13.2. The molecule has 2 aromatic rings. The Kier molecular flexibility index (Phi) is 5.26. The van der Waals surface area contributed by atoms with Crippen LogP contribution in [0.25, 0.3) is 0 Å². The third-order valence-corrected chi connectivity index (χ3v) is 4.46. The Bertz CT molecular complexity index is 719. The lowest BCUT2D eigenvalue weighted by Crippen LogP contribution is -2.43. The van der Waals surface area contributed by atoms with Crippen molar-refractivity contribution in [3.05, 3.63) is 70.5 Å². The molecule has 0 amide bonds. The molecular weight excluding hydrogens is 301 g/mol. The number of hydrazone groups is 1. The van der Waals surface area contributed by atoms with Gasteiger partial charge in [0.25, 0.3) is 0 Å². The zero-order chi connectivity index (χ0) is 16.9. The standard InChI is InChI=1S/C20H24FN3/c1-16-6-7-19(17(2)12-16)15-23-8-10-24(11-9-23)22-14-18-4-3-5-20(21)13-18/h3-7,12-14H,8-11,15H2,1-2H3/b22-14+. The van der Waals surface area contributed by atoms with Crippen LogP contribution in [-0.4, -0.2) is 42.3 Å². The number of aryl methyl sites for hydroxylation is 2. The first-order valence-corrected chi connectivity index (χ1v) is 8.43. The van der Waals surface area contributed by atoms with Gasteiger partial charge < -0.3 is 0 Å². The minimum Gasteiger partial charge on any atom is -0.295 e. The van der Waals surface area contributed by atoms with Crippen molar-refractivity contribution >= 4 is 6.21 Å². The second-order valence-corrected chi connectivity index (χ2v) is 6.46. The van der Waals surface area contributed by atoms with E-state index in [1.165, 1.54) is 28.8 Å². The number of hydrogen-bond donors (Lipinski definition) is 0. The molecule has 0 radical (unpaired) electrons. The van der Waals surface area contributed by atoms with Crippen LogP contribution in [0.3, 0.4) is 0 Å². The van der Waals surface area contributed by atoms with E-state index in [0.29, 0.717) is 0 Å². The van der Waals surface area contributed by atoms with Crippen LogP contribution in [0.1, 0.15) is 22.3 Å². The van der Waals surface area contributed by atoms with Gasteiger partial charge in [-0.25, -0.2) is 4.39 Å². The molecule has 24 heavy (non-hydrogen) atoms. The third-order valence-electron chi connectivity index (χ3n) is 4.46. The average Bonchev–Trinajstić information content (AvgIpc) is 2.57. The van der Waals surface area contributed by atoms with Gasteiger partial charge in [-0.05, 0) is 42.7 Å². The fourth-order valence-electron chi connectivity index (χ4n) is 3.01. The normalized spacial score (nSPS) is 16.0. The van der Waals surface area contributed by atoms with Gasteiger partial charge in [-0.1, -0.05) is 35.9 Å². The maximum Gasteiger partial charge on any atom is 0.123 e. The van der Waals surface area contributed by atoms with Crippen LogP contribution in [0.4, 0.5) is 4.39 Å². The largest absolute Gasteiger partial charge is 0.295 e. The van der Waals surface area contributed by atoms with E-state index in [1.54, 1.807) is 12.3 Å². The van der Waals surface area contributed by atoms with Crippen molar-refractivity contribution in [2.45, 2.75) is 20.4 Å². The fraction of sp³-hybridized carbons (Fsp3) is 0.350. The smallest absolute Gasteiger partial charge is 0.123 e. The van der Waals surface area contributed by atoms with Crippen LogP contribution in [0.5, 0.6) is 0 Å². The second kappa shape index (κ2) is 7.58. The lowest BCUT2D eigenvalue weighted by molar-refractivity contribution is 0.131. The summed E-state index contributed by atoms with van der Waals surface area (Å²) in [7, 11) is 0. The van der Waals surface area contributed by atoms with Crippen molar-refractivity contribution in [3.8, 4) is 0 Å². The molecule has 1 aliphatic rings. The van der Waals surface area contributed by atoms with Gasteiger partial charge in [0.15, 0.2) is 0 Å².